The largest absolute Gasteiger partial charge is 0.467 e. The number of aromatic nitrogens is 3. The van der Waals surface area contributed by atoms with Crippen molar-refractivity contribution in [1.82, 2.24) is 15.0 Å². The standard InChI is InChI=1S/C16H20N4OS/c1-2-12(3-1)14-10-15(19-11-18-14)20-7-4-13(5-8-20)21-16-17-6-9-22-16/h6,9-13H,1-5,7-8H2. The van der Waals surface area contributed by atoms with Crippen LogP contribution >= 0.6 is 11.3 Å². The van der Waals surface area contributed by atoms with Gasteiger partial charge in [-0.1, -0.05) is 17.8 Å². The molecule has 0 radical (unpaired) electrons. The Hall–Kier alpha value is -1.69. The first-order valence-corrected chi connectivity index (χ1v) is 8.89. The first kappa shape index (κ1) is 13.9. The number of hydrogen-bond donors (Lipinski definition) is 0. The van der Waals surface area contributed by atoms with Gasteiger partial charge in [0, 0.05) is 55.2 Å². The van der Waals surface area contributed by atoms with Crippen LogP contribution in [0.5, 0.6) is 5.19 Å². The van der Waals surface area contributed by atoms with Gasteiger partial charge in [-0.15, -0.1) is 0 Å². The van der Waals surface area contributed by atoms with Gasteiger partial charge in [0.2, 0.25) is 0 Å². The zero-order valence-corrected chi connectivity index (χ0v) is 13.3. The molecule has 0 spiro atoms. The fourth-order valence-electron chi connectivity index (χ4n) is 3.08. The Kier molecular flexibility index (Phi) is 3.93. The average Bonchev–Trinajstić information content (AvgIpc) is 3.00. The quantitative estimate of drug-likeness (QED) is 0.866. The maximum atomic E-state index is 5.92. The van der Waals surface area contributed by atoms with E-state index in [2.05, 4.69) is 25.9 Å². The molecular formula is C16H20N4OS. The fourth-order valence-corrected chi connectivity index (χ4v) is 3.63. The molecule has 0 unspecified atom stereocenters. The van der Waals surface area contributed by atoms with Crippen molar-refractivity contribution in [2.75, 3.05) is 18.0 Å². The Labute approximate surface area is 134 Å². The van der Waals surface area contributed by atoms with Crippen molar-refractivity contribution in [3.63, 3.8) is 0 Å². The number of rotatable bonds is 4. The van der Waals surface area contributed by atoms with E-state index in [1.807, 2.05) is 5.38 Å². The maximum Gasteiger partial charge on any atom is 0.273 e. The molecule has 116 valence electrons. The van der Waals surface area contributed by atoms with Crippen molar-refractivity contribution < 1.29 is 4.74 Å². The minimum atomic E-state index is 0.273. The molecule has 2 aliphatic rings. The van der Waals surface area contributed by atoms with Gasteiger partial charge in [-0.3, -0.25) is 0 Å². The molecular weight excluding hydrogens is 296 g/mol. The number of anilines is 1. The summed E-state index contributed by atoms with van der Waals surface area (Å²) in [7, 11) is 0. The summed E-state index contributed by atoms with van der Waals surface area (Å²) in [5.74, 6) is 1.73. The third-order valence-corrected chi connectivity index (χ3v) is 5.30. The highest BCUT2D eigenvalue weighted by molar-refractivity contribution is 7.11. The summed E-state index contributed by atoms with van der Waals surface area (Å²) in [6.07, 6.45) is 9.71. The lowest BCUT2D eigenvalue weighted by Gasteiger charge is -2.33. The molecule has 1 aliphatic carbocycles. The van der Waals surface area contributed by atoms with Gasteiger partial charge in [-0.25, -0.2) is 15.0 Å². The van der Waals surface area contributed by atoms with Crippen LogP contribution in [0.4, 0.5) is 5.82 Å². The summed E-state index contributed by atoms with van der Waals surface area (Å²) in [6.45, 7) is 1.97. The van der Waals surface area contributed by atoms with Crippen LogP contribution in [0.3, 0.4) is 0 Å². The van der Waals surface area contributed by atoms with E-state index in [9.17, 15) is 0 Å². The van der Waals surface area contributed by atoms with Crippen molar-refractivity contribution in [2.24, 2.45) is 0 Å². The van der Waals surface area contributed by atoms with Crippen LogP contribution in [0.2, 0.25) is 0 Å². The summed E-state index contributed by atoms with van der Waals surface area (Å²) >= 11 is 1.56. The van der Waals surface area contributed by atoms with Gasteiger partial charge in [0.15, 0.2) is 0 Å². The highest BCUT2D eigenvalue weighted by Crippen LogP contribution is 2.36. The van der Waals surface area contributed by atoms with Crippen molar-refractivity contribution in [3.8, 4) is 5.19 Å². The lowest BCUT2D eigenvalue weighted by atomic mass is 9.83. The maximum absolute atomic E-state index is 5.92. The van der Waals surface area contributed by atoms with E-state index < -0.39 is 0 Å². The smallest absolute Gasteiger partial charge is 0.273 e. The van der Waals surface area contributed by atoms with Crippen LogP contribution in [0, 0.1) is 0 Å². The van der Waals surface area contributed by atoms with Gasteiger partial charge >= 0.3 is 0 Å². The topological polar surface area (TPSA) is 51.1 Å². The molecule has 1 aliphatic heterocycles. The molecule has 1 saturated heterocycles. The van der Waals surface area contributed by atoms with Crippen molar-refractivity contribution >= 4 is 17.2 Å². The highest BCUT2D eigenvalue weighted by Gasteiger charge is 2.25. The molecule has 1 saturated carbocycles. The summed E-state index contributed by atoms with van der Waals surface area (Å²) in [4.78, 5) is 15.5. The van der Waals surface area contributed by atoms with E-state index in [4.69, 9.17) is 4.74 Å². The monoisotopic (exact) mass is 316 g/mol. The SMILES string of the molecule is c1nc(C2CCC2)cc(N2CCC(Oc3nccs3)CC2)n1. The molecule has 2 aromatic rings. The molecule has 4 rings (SSSR count). The zero-order chi connectivity index (χ0) is 14.8. The Morgan fingerprint density at radius 2 is 1.95 bits per heavy atom. The number of ether oxygens (including phenoxy) is 1. The van der Waals surface area contributed by atoms with Crippen LogP contribution in [0.1, 0.15) is 43.7 Å². The first-order chi connectivity index (χ1) is 10.9. The molecule has 0 atom stereocenters. The molecule has 0 N–H and O–H groups in total. The second-order valence-corrected chi connectivity index (χ2v) is 6.89. The predicted octanol–water partition coefficient (Wildman–Crippen LogP) is 3.25. The minimum absolute atomic E-state index is 0.273. The summed E-state index contributed by atoms with van der Waals surface area (Å²) < 4.78 is 5.92. The van der Waals surface area contributed by atoms with E-state index in [0.717, 1.165) is 36.9 Å². The Bertz CT molecular complexity index is 606. The molecule has 0 bridgehead atoms. The highest BCUT2D eigenvalue weighted by atomic mass is 32.1. The number of piperidine rings is 1. The number of nitrogens with zero attached hydrogens (tertiary/aromatic N) is 4. The second kappa shape index (κ2) is 6.20. The number of thiazole rings is 1. The van der Waals surface area contributed by atoms with Gasteiger partial charge in [0.25, 0.3) is 5.19 Å². The lowest BCUT2D eigenvalue weighted by molar-refractivity contribution is 0.170. The van der Waals surface area contributed by atoms with Gasteiger partial charge in [0.1, 0.15) is 18.2 Å². The van der Waals surface area contributed by atoms with Crippen LogP contribution in [0.25, 0.3) is 0 Å². The average molecular weight is 316 g/mol. The van der Waals surface area contributed by atoms with Crippen molar-refractivity contribution in [2.45, 2.75) is 44.1 Å². The van der Waals surface area contributed by atoms with Crippen molar-refractivity contribution in [3.05, 3.63) is 29.7 Å². The number of hydrogen-bond acceptors (Lipinski definition) is 6. The van der Waals surface area contributed by atoms with Crippen LogP contribution < -0.4 is 9.64 Å². The molecule has 0 aromatic carbocycles. The normalized spacial score (nSPS) is 19.9. The van der Waals surface area contributed by atoms with E-state index >= 15 is 0 Å². The van der Waals surface area contributed by atoms with Gasteiger partial charge in [-0.05, 0) is 12.8 Å². The molecule has 5 nitrogen and oxygen atoms in total. The lowest BCUT2D eigenvalue weighted by Crippen LogP contribution is -2.38. The van der Waals surface area contributed by atoms with Crippen LogP contribution in [-0.2, 0) is 0 Å². The summed E-state index contributed by atoms with van der Waals surface area (Å²) in [5, 5.41) is 2.74. The Morgan fingerprint density at radius 3 is 2.64 bits per heavy atom. The van der Waals surface area contributed by atoms with Gasteiger partial charge < -0.3 is 9.64 Å². The van der Waals surface area contributed by atoms with Crippen molar-refractivity contribution in [1.29, 1.82) is 0 Å². The zero-order valence-electron chi connectivity index (χ0n) is 12.5. The first-order valence-electron chi connectivity index (χ1n) is 8.01. The van der Waals surface area contributed by atoms with E-state index in [1.54, 1.807) is 23.9 Å². The van der Waals surface area contributed by atoms with Gasteiger partial charge in [-0.2, -0.15) is 0 Å². The predicted molar refractivity (Wildman–Crippen MR) is 86.6 cm³/mol. The third kappa shape index (κ3) is 2.92. The Morgan fingerprint density at radius 1 is 1.09 bits per heavy atom. The third-order valence-electron chi connectivity index (χ3n) is 4.64. The van der Waals surface area contributed by atoms with E-state index in [-0.39, 0.29) is 6.10 Å². The van der Waals surface area contributed by atoms with Crippen LogP contribution in [-0.4, -0.2) is 34.1 Å². The Balaban J connectivity index is 1.36. The molecule has 2 fully saturated rings. The molecule has 3 heterocycles. The minimum Gasteiger partial charge on any atom is -0.467 e. The summed E-state index contributed by atoms with van der Waals surface area (Å²) in [5.41, 5.74) is 1.22. The molecule has 0 amide bonds. The second-order valence-electron chi connectivity index (χ2n) is 6.03. The van der Waals surface area contributed by atoms with E-state index in [1.165, 1.54) is 25.0 Å². The summed E-state index contributed by atoms with van der Waals surface area (Å²) in [6, 6.07) is 2.19. The van der Waals surface area contributed by atoms with Gasteiger partial charge in [0.05, 0.1) is 0 Å². The van der Waals surface area contributed by atoms with E-state index in [0.29, 0.717) is 5.92 Å². The molecule has 2 aromatic heterocycles. The fraction of sp³-hybridized carbons (Fsp3) is 0.562. The molecule has 22 heavy (non-hydrogen) atoms. The van der Waals surface area contributed by atoms with Crippen LogP contribution in [0.15, 0.2) is 24.0 Å². The molecule has 6 heteroatoms.